The van der Waals surface area contributed by atoms with Gasteiger partial charge in [0.15, 0.2) is 0 Å². The molecule has 1 fully saturated rings. The highest BCUT2D eigenvalue weighted by atomic mass is 19.1. The second-order valence-electron chi connectivity index (χ2n) is 4.91. The molecule has 5 heteroatoms. The SMILES string of the molecule is CCC1(C(=O)O)CCN(Cc2cncc(F)c2)C1. The summed E-state index contributed by atoms with van der Waals surface area (Å²) in [4.78, 5) is 17.2. The van der Waals surface area contributed by atoms with E-state index in [4.69, 9.17) is 0 Å². The molecule has 1 aromatic heterocycles. The van der Waals surface area contributed by atoms with E-state index in [9.17, 15) is 14.3 Å². The highest BCUT2D eigenvalue weighted by Crippen LogP contribution is 2.34. The summed E-state index contributed by atoms with van der Waals surface area (Å²) >= 11 is 0. The first-order valence-electron chi connectivity index (χ1n) is 6.11. The zero-order chi connectivity index (χ0) is 13.2. The molecule has 0 spiro atoms. The van der Waals surface area contributed by atoms with Crippen LogP contribution in [0.15, 0.2) is 18.5 Å². The van der Waals surface area contributed by atoms with Gasteiger partial charge < -0.3 is 5.11 Å². The fourth-order valence-corrected chi connectivity index (χ4v) is 2.51. The quantitative estimate of drug-likeness (QED) is 0.889. The molecule has 1 aliphatic heterocycles. The van der Waals surface area contributed by atoms with Gasteiger partial charge in [-0.3, -0.25) is 14.7 Å². The lowest BCUT2D eigenvalue weighted by molar-refractivity contribution is -0.148. The van der Waals surface area contributed by atoms with Gasteiger partial charge in [0.25, 0.3) is 0 Å². The molecule has 0 bridgehead atoms. The van der Waals surface area contributed by atoms with Crippen LogP contribution in [0.25, 0.3) is 0 Å². The molecule has 18 heavy (non-hydrogen) atoms. The van der Waals surface area contributed by atoms with E-state index in [-0.39, 0.29) is 5.82 Å². The smallest absolute Gasteiger partial charge is 0.310 e. The van der Waals surface area contributed by atoms with Gasteiger partial charge in [0.1, 0.15) is 5.82 Å². The van der Waals surface area contributed by atoms with E-state index in [1.807, 2.05) is 11.8 Å². The number of aromatic nitrogens is 1. The predicted molar refractivity (Wildman–Crippen MR) is 64.4 cm³/mol. The monoisotopic (exact) mass is 252 g/mol. The van der Waals surface area contributed by atoms with E-state index in [1.54, 1.807) is 6.20 Å². The number of carbonyl (C=O) groups is 1. The van der Waals surface area contributed by atoms with Crippen molar-refractivity contribution in [2.75, 3.05) is 13.1 Å². The average molecular weight is 252 g/mol. The highest BCUT2D eigenvalue weighted by molar-refractivity contribution is 5.75. The van der Waals surface area contributed by atoms with Crippen LogP contribution in [-0.2, 0) is 11.3 Å². The number of aliphatic carboxylic acids is 1. The maximum absolute atomic E-state index is 13.0. The molecule has 4 nitrogen and oxygen atoms in total. The van der Waals surface area contributed by atoms with Gasteiger partial charge in [-0.1, -0.05) is 6.92 Å². The van der Waals surface area contributed by atoms with Crippen LogP contribution in [0.3, 0.4) is 0 Å². The maximum Gasteiger partial charge on any atom is 0.310 e. The summed E-state index contributed by atoms with van der Waals surface area (Å²) in [5, 5.41) is 9.29. The number of nitrogens with zero attached hydrogens (tertiary/aromatic N) is 2. The Kier molecular flexibility index (Phi) is 3.61. The molecule has 1 unspecified atom stereocenters. The van der Waals surface area contributed by atoms with Crippen molar-refractivity contribution in [1.29, 1.82) is 0 Å². The van der Waals surface area contributed by atoms with Crippen molar-refractivity contribution in [3.63, 3.8) is 0 Å². The summed E-state index contributed by atoms with van der Waals surface area (Å²) in [5.41, 5.74) is 0.146. The normalized spacial score (nSPS) is 24.3. The van der Waals surface area contributed by atoms with Crippen molar-refractivity contribution in [1.82, 2.24) is 9.88 Å². The van der Waals surface area contributed by atoms with Gasteiger partial charge in [-0.15, -0.1) is 0 Å². The van der Waals surface area contributed by atoms with Gasteiger partial charge in [-0.2, -0.15) is 0 Å². The minimum absolute atomic E-state index is 0.355. The van der Waals surface area contributed by atoms with Crippen molar-refractivity contribution in [2.45, 2.75) is 26.3 Å². The Bertz CT molecular complexity index is 452. The molecule has 1 aliphatic rings. The summed E-state index contributed by atoms with van der Waals surface area (Å²) in [6.07, 6.45) is 4.07. The molecule has 0 amide bonds. The maximum atomic E-state index is 13.0. The summed E-state index contributed by atoms with van der Waals surface area (Å²) in [5.74, 6) is -1.09. The molecule has 98 valence electrons. The van der Waals surface area contributed by atoms with E-state index in [0.29, 0.717) is 25.9 Å². The predicted octanol–water partition coefficient (Wildman–Crippen LogP) is 1.91. The molecule has 1 atom stereocenters. The molecule has 0 aliphatic carbocycles. The van der Waals surface area contributed by atoms with Crippen molar-refractivity contribution < 1.29 is 14.3 Å². The number of halogens is 1. The standard InChI is InChI=1S/C13H17FN2O2/c1-2-13(12(17)18)3-4-16(9-13)8-10-5-11(14)7-15-6-10/h5-7H,2-4,8-9H2,1H3,(H,17,18). The van der Waals surface area contributed by atoms with Crippen LogP contribution in [0, 0.1) is 11.2 Å². The van der Waals surface area contributed by atoms with Crippen LogP contribution in [0.2, 0.25) is 0 Å². The Morgan fingerprint density at radius 3 is 2.94 bits per heavy atom. The van der Waals surface area contributed by atoms with Crippen molar-refractivity contribution in [3.05, 3.63) is 29.8 Å². The van der Waals surface area contributed by atoms with Crippen LogP contribution in [0.1, 0.15) is 25.3 Å². The second-order valence-corrected chi connectivity index (χ2v) is 4.91. The van der Waals surface area contributed by atoms with E-state index in [0.717, 1.165) is 12.1 Å². The van der Waals surface area contributed by atoms with Gasteiger partial charge in [0, 0.05) is 19.3 Å². The number of hydrogen-bond acceptors (Lipinski definition) is 3. The van der Waals surface area contributed by atoms with Crippen LogP contribution in [-0.4, -0.2) is 34.0 Å². The van der Waals surface area contributed by atoms with E-state index in [2.05, 4.69) is 4.98 Å². The van der Waals surface area contributed by atoms with Gasteiger partial charge in [0.05, 0.1) is 11.6 Å². The highest BCUT2D eigenvalue weighted by Gasteiger charge is 2.42. The Morgan fingerprint density at radius 2 is 2.39 bits per heavy atom. The van der Waals surface area contributed by atoms with Gasteiger partial charge in [-0.25, -0.2) is 4.39 Å². The molecule has 2 heterocycles. The molecule has 0 saturated carbocycles. The zero-order valence-electron chi connectivity index (χ0n) is 10.4. The van der Waals surface area contributed by atoms with Crippen LogP contribution in [0.4, 0.5) is 4.39 Å². The molecule has 1 aromatic rings. The van der Waals surface area contributed by atoms with Crippen molar-refractivity contribution in [3.8, 4) is 0 Å². The summed E-state index contributed by atoms with van der Waals surface area (Å²) < 4.78 is 13.0. The summed E-state index contributed by atoms with van der Waals surface area (Å²) in [6.45, 7) is 3.72. The second kappa shape index (κ2) is 5.02. The lowest BCUT2D eigenvalue weighted by Crippen LogP contribution is -2.33. The Labute approximate surface area is 105 Å². The molecular weight excluding hydrogens is 235 g/mol. The van der Waals surface area contributed by atoms with E-state index < -0.39 is 11.4 Å². The minimum Gasteiger partial charge on any atom is -0.481 e. The first kappa shape index (κ1) is 13.0. The summed E-state index contributed by atoms with van der Waals surface area (Å²) in [7, 11) is 0. The molecule has 1 saturated heterocycles. The van der Waals surface area contributed by atoms with Crippen LogP contribution < -0.4 is 0 Å². The Hall–Kier alpha value is -1.49. The van der Waals surface area contributed by atoms with E-state index in [1.165, 1.54) is 12.3 Å². The van der Waals surface area contributed by atoms with Crippen molar-refractivity contribution >= 4 is 5.97 Å². The minimum atomic E-state index is -0.732. The van der Waals surface area contributed by atoms with Crippen molar-refractivity contribution in [2.24, 2.45) is 5.41 Å². The third kappa shape index (κ3) is 2.51. The third-order valence-corrected chi connectivity index (χ3v) is 3.73. The van der Waals surface area contributed by atoms with Gasteiger partial charge >= 0.3 is 5.97 Å². The first-order chi connectivity index (χ1) is 8.55. The van der Waals surface area contributed by atoms with Crippen LogP contribution in [0.5, 0.6) is 0 Å². The topological polar surface area (TPSA) is 53.4 Å². The number of carboxylic acid groups (broad SMARTS) is 1. The Morgan fingerprint density at radius 1 is 1.61 bits per heavy atom. The third-order valence-electron chi connectivity index (χ3n) is 3.73. The number of carboxylic acids is 1. The van der Waals surface area contributed by atoms with E-state index >= 15 is 0 Å². The fourth-order valence-electron chi connectivity index (χ4n) is 2.51. The zero-order valence-corrected chi connectivity index (χ0v) is 10.4. The molecule has 1 N–H and O–H groups in total. The number of hydrogen-bond donors (Lipinski definition) is 1. The first-order valence-corrected chi connectivity index (χ1v) is 6.11. The van der Waals surface area contributed by atoms with Crippen LogP contribution >= 0.6 is 0 Å². The van der Waals surface area contributed by atoms with Gasteiger partial charge in [0.2, 0.25) is 0 Å². The molecule has 2 rings (SSSR count). The largest absolute Gasteiger partial charge is 0.481 e. The number of rotatable bonds is 4. The average Bonchev–Trinajstić information content (AvgIpc) is 2.74. The fraction of sp³-hybridized carbons (Fsp3) is 0.538. The summed E-state index contributed by atoms with van der Waals surface area (Å²) in [6, 6.07) is 1.44. The molecule has 0 radical (unpaired) electrons. The Balaban J connectivity index is 2.03. The number of pyridine rings is 1. The lowest BCUT2D eigenvalue weighted by atomic mass is 9.84. The van der Waals surface area contributed by atoms with Gasteiger partial charge in [-0.05, 0) is 31.0 Å². The molecular formula is C13H17FN2O2. The molecule has 0 aromatic carbocycles. The lowest BCUT2D eigenvalue weighted by Gasteiger charge is -2.23. The number of likely N-dealkylation sites (tertiary alicyclic amines) is 1.